The van der Waals surface area contributed by atoms with Gasteiger partial charge in [-0.3, -0.25) is 0 Å². The lowest BCUT2D eigenvalue weighted by molar-refractivity contribution is 0.0204. The molecule has 0 unspecified atom stereocenters. The van der Waals surface area contributed by atoms with Gasteiger partial charge in [0.15, 0.2) is 0 Å². The van der Waals surface area contributed by atoms with E-state index in [1.54, 1.807) is 11.3 Å². The highest BCUT2D eigenvalue weighted by Crippen LogP contribution is 2.05. The predicted molar refractivity (Wildman–Crippen MR) is 72.8 cm³/mol. The highest BCUT2D eigenvalue weighted by Gasteiger charge is 1.94. The van der Waals surface area contributed by atoms with Crippen LogP contribution < -0.4 is 5.32 Å². The van der Waals surface area contributed by atoms with Gasteiger partial charge in [0.1, 0.15) is 0 Å². The molecule has 0 amide bonds. The SMILES string of the molecule is CC(C)OCCOCCNCCc1ccsc1. The average Bonchev–Trinajstić information content (AvgIpc) is 2.79. The molecule has 1 aromatic heterocycles. The molecule has 0 radical (unpaired) electrons. The van der Waals surface area contributed by atoms with Gasteiger partial charge in [0.2, 0.25) is 0 Å². The fourth-order valence-electron chi connectivity index (χ4n) is 1.38. The number of thiophene rings is 1. The van der Waals surface area contributed by atoms with Gasteiger partial charge in [-0.15, -0.1) is 0 Å². The smallest absolute Gasteiger partial charge is 0.0703 e. The highest BCUT2D eigenvalue weighted by molar-refractivity contribution is 7.07. The van der Waals surface area contributed by atoms with Gasteiger partial charge < -0.3 is 14.8 Å². The third kappa shape index (κ3) is 8.32. The molecule has 1 rings (SSSR count). The summed E-state index contributed by atoms with van der Waals surface area (Å²) in [6, 6.07) is 2.17. The molecule has 0 fully saturated rings. The Balaban J connectivity index is 1.79. The molecule has 1 heterocycles. The van der Waals surface area contributed by atoms with Crippen LogP contribution in [-0.2, 0) is 15.9 Å². The van der Waals surface area contributed by atoms with E-state index in [-0.39, 0.29) is 0 Å². The Morgan fingerprint density at radius 3 is 2.82 bits per heavy atom. The minimum Gasteiger partial charge on any atom is -0.378 e. The maximum atomic E-state index is 5.44. The molecule has 0 spiro atoms. The Morgan fingerprint density at radius 1 is 1.24 bits per heavy atom. The molecule has 98 valence electrons. The number of nitrogens with one attached hydrogen (secondary N) is 1. The molecular formula is C13H23NO2S. The second-order valence-corrected chi connectivity index (χ2v) is 4.94. The van der Waals surface area contributed by atoms with E-state index in [4.69, 9.17) is 9.47 Å². The lowest BCUT2D eigenvalue weighted by Crippen LogP contribution is -2.23. The quantitative estimate of drug-likeness (QED) is 0.653. The first kappa shape index (κ1) is 14.6. The Labute approximate surface area is 108 Å². The number of rotatable bonds is 10. The predicted octanol–water partition coefficient (Wildman–Crippen LogP) is 2.32. The van der Waals surface area contributed by atoms with E-state index in [1.807, 2.05) is 13.8 Å². The molecule has 0 saturated carbocycles. The van der Waals surface area contributed by atoms with Crippen molar-refractivity contribution in [2.45, 2.75) is 26.4 Å². The van der Waals surface area contributed by atoms with Crippen LogP contribution in [0, 0.1) is 0 Å². The maximum absolute atomic E-state index is 5.44. The number of ether oxygens (including phenoxy) is 2. The van der Waals surface area contributed by atoms with Gasteiger partial charge >= 0.3 is 0 Å². The molecule has 0 saturated heterocycles. The molecule has 0 aliphatic carbocycles. The summed E-state index contributed by atoms with van der Waals surface area (Å²) >= 11 is 1.75. The summed E-state index contributed by atoms with van der Waals surface area (Å²) in [5, 5.41) is 7.68. The Kier molecular flexibility index (Phi) is 8.26. The zero-order valence-electron chi connectivity index (χ0n) is 10.8. The topological polar surface area (TPSA) is 30.5 Å². The molecule has 1 N–H and O–H groups in total. The van der Waals surface area contributed by atoms with E-state index < -0.39 is 0 Å². The monoisotopic (exact) mass is 257 g/mol. The summed E-state index contributed by atoms with van der Waals surface area (Å²) in [6.45, 7) is 8.12. The van der Waals surface area contributed by atoms with Gasteiger partial charge in [-0.05, 0) is 49.2 Å². The van der Waals surface area contributed by atoms with Crippen molar-refractivity contribution >= 4 is 11.3 Å². The van der Waals surface area contributed by atoms with Crippen molar-refractivity contribution in [2.75, 3.05) is 32.9 Å². The van der Waals surface area contributed by atoms with Crippen LogP contribution in [0.2, 0.25) is 0 Å². The Hall–Kier alpha value is -0.420. The van der Waals surface area contributed by atoms with Gasteiger partial charge in [0.25, 0.3) is 0 Å². The number of hydrogen-bond donors (Lipinski definition) is 1. The third-order valence-corrected chi connectivity index (χ3v) is 3.00. The molecule has 0 bridgehead atoms. The van der Waals surface area contributed by atoms with Crippen LogP contribution in [0.3, 0.4) is 0 Å². The van der Waals surface area contributed by atoms with Gasteiger partial charge in [0, 0.05) is 6.54 Å². The second-order valence-electron chi connectivity index (χ2n) is 4.16. The Bertz CT molecular complexity index is 262. The van der Waals surface area contributed by atoms with E-state index in [2.05, 4.69) is 22.1 Å². The fourth-order valence-corrected chi connectivity index (χ4v) is 2.08. The summed E-state index contributed by atoms with van der Waals surface area (Å²) in [7, 11) is 0. The lowest BCUT2D eigenvalue weighted by Gasteiger charge is -2.08. The molecule has 0 atom stereocenters. The summed E-state index contributed by atoms with van der Waals surface area (Å²) in [5.74, 6) is 0. The molecule has 0 aromatic carbocycles. The normalized spacial score (nSPS) is 11.2. The molecule has 4 heteroatoms. The van der Waals surface area contributed by atoms with Crippen LogP contribution in [0.4, 0.5) is 0 Å². The van der Waals surface area contributed by atoms with E-state index in [0.29, 0.717) is 19.3 Å². The van der Waals surface area contributed by atoms with Crippen LogP contribution in [0.25, 0.3) is 0 Å². The van der Waals surface area contributed by atoms with Crippen LogP contribution in [-0.4, -0.2) is 39.0 Å². The summed E-state index contributed by atoms with van der Waals surface area (Å²) in [5.41, 5.74) is 1.41. The molecular weight excluding hydrogens is 234 g/mol. The van der Waals surface area contributed by atoms with E-state index >= 15 is 0 Å². The van der Waals surface area contributed by atoms with Crippen molar-refractivity contribution in [2.24, 2.45) is 0 Å². The van der Waals surface area contributed by atoms with Crippen molar-refractivity contribution < 1.29 is 9.47 Å². The van der Waals surface area contributed by atoms with Gasteiger partial charge in [0.05, 0.1) is 25.9 Å². The first-order valence-electron chi connectivity index (χ1n) is 6.20. The van der Waals surface area contributed by atoms with E-state index in [9.17, 15) is 0 Å². The Morgan fingerprint density at radius 2 is 2.12 bits per heavy atom. The minimum absolute atomic E-state index is 0.294. The zero-order chi connectivity index (χ0) is 12.3. The molecule has 1 aromatic rings. The van der Waals surface area contributed by atoms with Gasteiger partial charge in [-0.2, -0.15) is 11.3 Å². The molecule has 17 heavy (non-hydrogen) atoms. The third-order valence-electron chi connectivity index (χ3n) is 2.27. The van der Waals surface area contributed by atoms with Crippen LogP contribution in [0.1, 0.15) is 19.4 Å². The number of hydrogen-bond acceptors (Lipinski definition) is 4. The first-order chi connectivity index (χ1) is 8.29. The maximum Gasteiger partial charge on any atom is 0.0703 e. The van der Waals surface area contributed by atoms with Gasteiger partial charge in [-0.25, -0.2) is 0 Å². The minimum atomic E-state index is 0.294. The zero-order valence-corrected chi connectivity index (χ0v) is 11.6. The fraction of sp³-hybridized carbons (Fsp3) is 0.692. The summed E-state index contributed by atoms with van der Waals surface area (Å²) in [4.78, 5) is 0. The van der Waals surface area contributed by atoms with Crippen molar-refractivity contribution in [3.05, 3.63) is 22.4 Å². The standard InChI is InChI=1S/C13H23NO2S/c1-12(2)16-9-8-15-7-6-14-5-3-13-4-10-17-11-13/h4,10-12,14H,3,5-9H2,1-2H3. The molecule has 0 aliphatic rings. The van der Waals surface area contributed by atoms with Crippen molar-refractivity contribution in [1.29, 1.82) is 0 Å². The summed E-state index contributed by atoms with van der Waals surface area (Å²) < 4.78 is 10.8. The van der Waals surface area contributed by atoms with Crippen molar-refractivity contribution in [3.63, 3.8) is 0 Å². The van der Waals surface area contributed by atoms with E-state index in [1.165, 1.54) is 5.56 Å². The largest absolute Gasteiger partial charge is 0.378 e. The molecule has 3 nitrogen and oxygen atoms in total. The van der Waals surface area contributed by atoms with Crippen molar-refractivity contribution in [3.8, 4) is 0 Å². The van der Waals surface area contributed by atoms with Crippen LogP contribution in [0.5, 0.6) is 0 Å². The first-order valence-corrected chi connectivity index (χ1v) is 7.14. The van der Waals surface area contributed by atoms with Crippen LogP contribution in [0.15, 0.2) is 16.8 Å². The second kappa shape index (κ2) is 9.59. The van der Waals surface area contributed by atoms with Crippen molar-refractivity contribution in [1.82, 2.24) is 5.32 Å². The average molecular weight is 257 g/mol. The van der Waals surface area contributed by atoms with E-state index in [0.717, 1.165) is 26.1 Å². The highest BCUT2D eigenvalue weighted by atomic mass is 32.1. The summed E-state index contributed by atoms with van der Waals surface area (Å²) in [6.07, 6.45) is 1.39. The lowest BCUT2D eigenvalue weighted by atomic mass is 10.2. The van der Waals surface area contributed by atoms with Gasteiger partial charge in [-0.1, -0.05) is 0 Å². The molecule has 0 aliphatic heterocycles. The van der Waals surface area contributed by atoms with Crippen LogP contribution >= 0.6 is 11.3 Å².